The van der Waals surface area contributed by atoms with Gasteiger partial charge in [0.25, 0.3) is 0 Å². The van der Waals surface area contributed by atoms with Gasteiger partial charge in [-0.2, -0.15) is 0 Å². The van der Waals surface area contributed by atoms with Crippen molar-refractivity contribution >= 4 is 5.91 Å². The number of ether oxygens (including phenoxy) is 2. The Hall–Kier alpha value is -0.810. The quantitative estimate of drug-likeness (QED) is 0.0353. The summed E-state index contributed by atoms with van der Waals surface area (Å²) in [5, 5.41) is 54.2. The number of unbranched alkanes of at least 4 members (excludes halogenated alkanes) is 26. The molecule has 51 heavy (non-hydrogen) atoms. The van der Waals surface area contributed by atoms with Gasteiger partial charge in [-0.15, -0.1) is 0 Å². The van der Waals surface area contributed by atoms with Gasteiger partial charge in [-0.1, -0.05) is 187 Å². The van der Waals surface area contributed by atoms with E-state index in [4.69, 9.17) is 9.47 Å². The number of nitrogens with one attached hydrogen (secondary N) is 1. The molecule has 1 aliphatic heterocycles. The third kappa shape index (κ3) is 25.0. The first-order valence-corrected chi connectivity index (χ1v) is 21.7. The molecule has 6 N–H and O–H groups in total. The Morgan fingerprint density at radius 2 is 0.980 bits per heavy atom. The van der Waals surface area contributed by atoms with Gasteiger partial charge in [-0.3, -0.25) is 4.79 Å². The second kappa shape index (κ2) is 33.7. The summed E-state index contributed by atoms with van der Waals surface area (Å²) in [6, 6.07) is -0.710. The molecule has 9 heteroatoms. The maximum absolute atomic E-state index is 12.9. The molecule has 304 valence electrons. The predicted molar refractivity (Wildman–Crippen MR) is 208 cm³/mol. The van der Waals surface area contributed by atoms with Crippen molar-refractivity contribution in [2.75, 3.05) is 13.2 Å². The van der Waals surface area contributed by atoms with E-state index in [-0.39, 0.29) is 12.5 Å². The predicted octanol–water partition coefficient (Wildman–Crippen LogP) is 8.39. The zero-order valence-electron chi connectivity index (χ0n) is 33.1. The fourth-order valence-electron chi connectivity index (χ4n) is 7.16. The highest BCUT2D eigenvalue weighted by atomic mass is 16.7. The topological polar surface area (TPSA) is 149 Å². The van der Waals surface area contributed by atoms with Crippen LogP contribution in [0.15, 0.2) is 0 Å². The van der Waals surface area contributed by atoms with Crippen molar-refractivity contribution in [3.63, 3.8) is 0 Å². The summed E-state index contributed by atoms with van der Waals surface area (Å²) in [5.41, 5.74) is 0. The molecule has 1 amide bonds. The monoisotopic (exact) mass is 730 g/mol. The minimum absolute atomic E-state index is 0.132. The van der Waals surface area contributed by atoms with Crippen molar-refractivity contribution in [2.45, 2.75) is 249 Å². The van der Waals surface area contributed by atoms with Crippen molar-refractivity contribution in [3.05, 3.63) is 0 Å². The van der Waals surface area contributed by atoms with Crippen LogP contribution in [0.4, 0.5) is 0 Å². The fraction of sp³-hybridized carbons (Fsp3) is 0.976. The molecule has 0 bridgehead atoms. The molecule has 7 atom stereocenters. The number of amides is 1. The first-order valence-electron chi connectivity index (χ1n) is 21.7. The molecule has 1 aliphatic rings. The molecule has 1 heterocycles. The molecule has 1 saturated heterocycles. The number of carbonyl (C=O) groups is 1. The van der Waals surface area contributed by atoms with Gasteiger partial charge in [0.2, 0.25) is 5.91 Å². The third-order valence-corrected chi connectivity index (χ3v) is 10.7. The van der Waals surface area contributed by atoms with Crippen molar-refractivity contribution in [2.24, 2.45) is 0 Å². The number of carbonyl (C=O) groups excluding carboxylic acids is 1. The molecule has 0 aliphatic carbocycles. The molecule has 9 nitrogen and oxygen atoms in total. The van der Waals surface area contributed by atoms with E-state index < -0.39 is 49.5 Å². The lowest BCUT2D eigenvalue weighted by atomic mass is 9.99. The molecular weight excluding hydrogens is 646 g/mol. The van der Waals surface area contributed by atoms with E-state index in [0.29, 0.717) is 12.8 Å². The van der Waals surface area contributed by atoms with Gasteiger partial charge in [0.1, 0.15) is 24.4 Å². The van der Waals surface area contributed by atoms with Crippen LogP contribution in [0, 0.1) is 0 Å². The Bertz CT molecular complexity index is 771. The molecule has 0 aromatic carbocycles. The summed E-state index contributed by atoms with van der Waals surface area (Å²) in [6.07, 6.45) is 28.2. The normalized spacial score (nSPS) is 21.9. The first-order chi connectivity index (χ1) is 24.8. The Kier molecular flexibility index (Phi) is 31.9. The Morgan fingerprint density at radius 1 is 0.588 bits per heavy atom. The van der Waals surface area contributed by atoms with Crippen molar-refractivity contribution < 1.29 is 39.8 Å². The van der Waals surface area contributed by atoms with Crippen molar-refractivity contribution in [1.29, 1.82) is 0 Å². The van der Waals surface area contributed by atoms with Gasteiger partial charge in [0.05, 0.1) is 25.4 Å². The molecular formula is C42H83NO8. The van der Waals surface area contributed by atoms with Gasteiger partial charge >= 0.3 is 0 Å². The van der Waals surface area contributed by atoms with Crippen molar-refractivity contribution in [1.82, 2.24) is 5.32 Å². The summed E-state index contributed by atoms with van der Waals surface area (Å²) in [5.74, 6) is -0.144. The summed E-state index contributed by atoms with van der Waals surface area (Å²) in [4.78, 5) is 12.9. The fourth-order valence-corrected chi connectivity index (χ4v) is 7.16. The maximum atomic E-state index is 12.9. The zero-order chi connectivity index (χ0) is 37.4. The van der Waals surface area contributed by atoms with Crippen LogP contribution in [0.25, 0.3) is 0 Å². The largest absolute Gasteiger partial charge is 0.394 e. The number of hydrogen-bond acceptors (Lipinski definition) is 8. The molecule has 0 aromatic rings. The van der Waals surface area contributed by atoms with Gasteiger partial charge < -0.3 is 40.3 Å². The Labute approximate surface area is 313 Å². The highest BCUT2D eigenvalue weighted by molar-refractivity contribution is 5.76. The van der Waals surface area contributed by atoms with Crippen LogP contribution >= 0.6 is 0 Å². The van der Waals surface area contributed by atoms with Crippen LogP contribution in [-0.4, -0.2) is 87.5 Å². The van der Waals surface area contributed by atoms with Crippen LogP contribution in [0.5, 0.6) is 0 Å². The highest BCUT2D eigenvalue weighted by Gasteiger charge is 2.44. The second-order valence-corrected chi connectivity index (χ2v) is 15.5. The summed E-state index contributed by atoms with van der Waals surface area (Å²) < 4.78 is 11.2. The number of rotatable bonds is 36. The number of hydrogen-bond donors (Lipinski definition) is 6. The molecule has 0 spiro atoms. The molecule has 1 rings (SSSR count). The Balaban J connectivity index is 2.34. The van der Waals surface area contributed by atoms with E-state index >= 15 is 0 Å². The van der Waals surface area contributed by atoms with E-state index in [0.717, 1.165) is 38.5 Å². The van der Waals surface area contributed by atoms with Crippen LogP contribution < -0.4 is 5.32 Å². The third-order valence-electron chi connectivity index (χ3n) is 10.7. The summed E-state index contributed by atoms with van der Waals surface area (Å²) in [7, 11) is 0. The van der Waals surface area contributed by atoms with E-state index in [9.17, 15) is 30.3 Å². The van der Waals surface area contributed by atoms with E-state index in [1.54, 1.807) is 0 Å². The zero-order valence-corrected chi connectivity index (χ0v) is 33.1. The minimum atomic E-state index is -1.55. The lowest BCUT2D eigenvalue weighted by Crippen LogP contribution is -2.60. The molecule has 2 unspecified atom stereocenters. The maximum Gasteiger partial charge on any atom is 0.220 e. The van der Waals surface area contributed by atoms with E-state index in [1.165, 1.54) is 141 Å². The average molecular weight is 730 g/mol. The minimum Gasteiger partial charge on any atom is -0.394 e. The van der Waals surface area contributed by atoms with Crippen molar-refractivity contribution in [3.8, 4) is 0 Å². The molecule has 0 radical (unpaired) electrons. The first kappa shape index (κ1) is 48.2. The van der Waals surface area contributed by atoms with Gasteiger partial charge in [-0.25, -0.2) is 0 Å². The smallest absolute Gasteiger partial charge is 0.220 e. The second-order valence-electron chi connectivity index (χ2n) is 15.5. The number of aliphatic hydroxyl groups excluding tert-OH is 5. The lowest BCUT2D eigenvalue weighted by Gasteiger charge is -2.40. The van der Waals surface area contributed by atoms with Crippen LogP contribution in [0.2, 0.25) is 0 Å². The van der Waals surface area contributed by atoms with Crippen LogP contribution in [-0.2, 0) is 14.3 Å². The lowest BCUT2D eigenvalue weighted by molar-refractivity contribution is -0.302. The SMILES string of the molecule is CCCCCCCCCCCCCCCCCCC[C@@H](O)[C@H](CO[C@@H]1O[C@H](CO)[C@H](O)C(O)C1O)NC(=O)CCCCCCCCCCCCC. The average Bonchev–Trinajstić information content (AvgIpc) is 3.13. The van der Waals surface area contributed by atoms with E-state index in [2.05, 4.69) is 19.2 Å². The summed E-state index contributed by atoms with van der Waals surface area (Å²) in [6.45, 7) is 3.83. The standard InChI is InChI=1S/C42H83NO8/c1-3-5-7-9-11-13-15-16-17-18-19-20-22-23-25-27-29-31-36(45)35(34-50-42-41(49)40(48)39(47)37(33-44)51-42)43-38(46)32-30-28-26-24-21-14-12-10-8-6-4-2/h35-37,39-42,44-45,47-49H,3-34H2,1-2H3,(H,43,46)/t35-,36+,37+,39-,40?,41?,42+/m0/s1. The highest BCUT2D eigenvalue weighted by Crippen LogP contribution is 2.23. The molecule has 0 saturated carbocycles. The molecule has 1 fully saturated rings. The molecule has 0 aromatic heterocycles. The van der Waals surface area contributed by atoms with Gasteiger partial charge in [0.15, 0.2) is 6.29 Å². The van der Waals surface area contributed by atoms with Crippen LogP contribution in [0.1, 0.15) is 206 Å². The number of aliphatic hydroxyl groups is 5. The Morgan fingerprint density at radius 3 is 1.39 bits per heavy atom. The van der Waals surface area contributed by atoms with E-state index in [1.807, 2.05) is 0 Å². The van der Waals surface area contributed by atoms with Gasteiger partial charge in [-0.05, 0) is 12.8 Å². The van der Waals surface area contributed by atoms with Crippen LogP contribution in [0.3, 0.4) is 0 Å². The van der Waals surface area contributed by atoms with Gasteiger partial charge in [0, 0.05) is 6.42 Å². The summed E-state index contributed by atoms with van der Waals surface area (Å²) >= 11 is 0.